The van der Waals surface area contributed by atoms with E-state index in [9.17, 15) is 9.59 Å². The van der Waals surface area contributed by atoms with E-state index < -0.39 is 16.1 Å². The Bertz CT molecular complexity index is 1060. The van der Waals surface area contributed by atoms with Crippen molar-refractivity contribution in [3.8, 4) is 11.5 Å². The monoisotopic (exact) mass is 490 g/mol. The number of benzene rings is 3. The molecular formula is C28H34O4Si2. The minimum atomic E-state index is -1.57. The van der Waals surface area contributed by atoms with Crippen molar-refractivity contribution < 1.29 is 19.1 Å². The van der Waals surface area contributed by atoms with Crippen LogP contribution in [0, 0.1) is 0 Å². The maximum Gasteiger partial charge on any atom is 0.196 e. The Morgan fingerprint density at radius 2 is 0.941 bits per heavy atom. The van der Waals surface area contributed by atoms with E-state index in [2.05, 4.69) is 39.3 Å². The first-order chi connectivity index (χ1) is 15.9. The highest BCUT2D eigenvalue weighted by atomic mass is 28.3. The van der Waals surface area contributed by atoms with Crippen LogP contribution in [-0.4, -0.2) is 40.2 Å². The second kappa shape index (κ2) is 10.5. The van der Waals surface area contributed by atoms with Crippen LogP contribution in [0.4, 0.5) is 0 Å². The number of carbonyl (C=O) groups is 2. The fourth-order valence-corrected chi connectivity index (χ4v) is 4.41. The Morgan fingerprint density at radius 1 is 0.588 bits per heavy atom. The van der Waals surface area contributed by atoms with Crippen LogP contribution in [0.3, 0.4) is 0 Å². The minimum absolute atomic E-state index is 0.176. The number of ketones is 2. The van der Waals surface area contributed by atoms with Crippen molar-refractivity contribution in [1.82, 2.24) is 0 Å². The van der Waals surface area contributed by atoms with Gasteiger partial charge in [-0.15, -0.1) is 0 Å². The summed E-state index contributed by atoms with van der Waals surface area (Å²) in [6, 6.07) is 21.6. The average molecular weight is 491 g/mol. The van der Waals surface area contributed by atoms with Crippen molar-refractivity contribution in [1.29, 1.82) is 0 Å². The molecule has 0 heterocycles. The Hall–Kier alpha value is -2.97. The van der Waals surface area contributed by atoms with Crippen molar-refractivity contribution in [2.45, 2.75) is 39.3 Å². The lowest BCUT2D eigenvalue weighted by Crippen LogP contribution is -2.31. The fraction of sp³-hybridized carbons (Fsp3) is 0.286. The Balaban J connectivity index is 2.16. The SMILES string of the molecule is C[Si](C)(C)COc1cc(OC[Si](C)(C)C)c(C(=O)c2ccccc2)cc1C(=O)c1ccccc1. The lowest BCUT2D eigenvalue weighted by Gasteiger charge is -2.22. The molecule has 0 fully saturated rings. The highest BCUT2D eigenvalue weighted by Gasteiger charge is 2.26. The van der Waals surface area contributed by atoms with Gasteiger partial charge in [-0.2, -0.15) is 0 Å². The van der Waals surface area contributed by atoms with Gasteiger partial charge in [-0.05, 0) is 6.07 Å². The maximum atomic E-state index is 13.5. The molecule has 6 heteroatoms. The molecule has 0 spiro atoms. The predicted octanol–water partition coefficient (Wildman–Crippen LogP) is 6.66. The topological polar surface area (TPSA) is 52.6 Å². The predicted molar refractivity (Wildman–Crippen MR) is 144 cm³/mol. The van der Waals surface area contributed by atoms with Crippen LogP contribution in [0.1, 0.15) is 31.8 Å². The van der Waals surface area contributed by atoms with Gasteiger partial charge in [0.05, 0.1) is 39.7 Å². The van der Waals surface area contributed by atoms with E-state index in [0.717, 1.165) is 0 Å². The summed E-state index contributed by atoms with van der Waals surface area (Å²) in [6.45, 7) is 13.3. The number of hydrogen-bond acceptors (Lipinski definition) is 4. The van der Waals surface area contributed by atoms with Gasteiger partial charge < -0.3 is 9.47 Å². The van der Waals surface area contributed by atoms with Crippen LogP contribution in [-0.2, 0) is 0 Å². The molecule has 0 aliphatic heterocycles. The first-order valence-corrected chi connectivity index (χ1v) is 19.0. The normalized spacial score (nSPS) is 11.7. The molecule has 0 bridgehead atoms. The zero-order valence-electron chi connectivity index (χ0n) is 21.0. The molecule has 3 rings (SSSR count). The Kier molecular flexibility index (Phi) is 7.94. The van der Waals surface area contributed by atoms with E-state index in [1.807, 2.05) is 36.4 Å². The van der Waals surface area contributed by atoms with Crippen molar-refractivity contribution in [3.63, 3.8) is 0 Å². The largest absolute Gasteiger partial charge is 0.496 e. The van der Waals surface area contributed by atoms with Gasteiger partial charge in [-0.25, -0.2) is 0 Å². The van der Waals surface area contributed by atoms with Gasteiger partial charge >= 0.3 is 0 Å². The highest BCUT2D eigenvalue weighted by Crippen LogP contribution is 2.33. The lowest BCUT2D eigenvalue weighted by molar-refractivity contribution is 0.103. The average Bonchev–Trinajstić information content (AvgIpc) is 2.80. The second-order valence-electron chi connectivity index (χ2n) is 10.9. The van der Waals surface area contributed by atoms with Crippen LogP contribution in [0.2, 0.25) is 39.3 Å². The van der Waals surface area contributed by atoms with E-state index in [0.29, 0.717) is 46.2 Å². The van der Waals surface area contributed by atoms with E-state index in [4.69, 9.17) is 9.47 Å². The van der Waals surface area contributed by atoms with Crippen molar-refractivity contribution in [2.75, 3.05) is 12.5 Å². The molecule has 0 N–H and O–H groups in total. The number of ether oxygens (including phenoxy) is 2. The molecule has 4 nitrogen and oxygen atoms in total. The molecule has 0 aliphatic carbocycles. The van der Waals surface area contributed by atoms with Gasteiger partial charge in [0, 0.05) is 17.2 Å². The van der Waals surface area contributed by atoms with Crippen LogP contribution in [0.25, 0.3) is 0 Å². The van der Waals surface area contributed by atoms with Crippen molar-refractivity contribution >= 4 is 27.7 Å². The van der Waals surface area contributed by atoms with E-state index in [1.165, 1.54) is 0 Å². The molecule has 0 amide bonds. The first-order valence-electron chi connectivity index (χ1n) is 11.6. The molecule has 0 atom stereocenters. The maximum absolute atomic E-state index is 13.5. The zero-order chi connectivity index (χ0) is 24.9. The van der Waals surface area contributed by atoms with Gasteiger partial charge in [0.25, 0.3) is 0 Å². The Labute approximate surface area is 205 Å². The molecule has 0 radical (unpaired) electrons. The summed E-state index contributed by atoms with van der Waals surface area (Å²) in [5.74, 6) is 0.577. The summed E-state index contributed by atoms with van der Waals surface area (Å²) in [4.78, 5) is 27.0. The third-order valence-corrected chi connectivity index (χ3v) is 6.99. The quantitative estimate of drug-likeness (QED) is 0.235. The van der Waals surface area contributed by atoms with Gasteiger partial charge in [-0.3, -0.25) is 9.59 Å². The molecule has 0 aliphatic rings. The molecule has 0 saturated carbocycles. The van der Waals surface area contributed by atoms with Crippen molar-refractivity contribution in [2.24, 2.45) is 0 Å². The van der Waals surface area contributed by atoms with Gasteiger partial charge in [0.2, 0.25) is 0 Å². The summed E-state index contributed by atoms with van der Waals surface area (Å²) < 4.78 is 12.4. The second-order valence-corrected chi connectivity index (χ2v) is 21.8. The molecule has 3 aromatic carbocycles. The van der Waals surface area contributed by atoms with Crippen molar-refractivity contribution in [3.05, 3.63) is 95.1 Å². The molecule has 0 unspecified atom stereocenters. The summed E-state index contributed by atoms with van der Waals surface area (Å²) >= 11 is 0. The van der Waals surface area contributed by atoms with Crippen LogP contribution in [0.15, 0.2) is 72.8 Å². The molecule has 3 aromatic rings. The number of hydrogen-bond donors (Lipinski definition) is 0. The van der Waals surface area contributed by atoms with Gasteiger partial charge in [-0.1, -0.05) is 99.9 Å². The van der Waals surface area contributed by atoms with E-state index in [1.54, 1.807) is 36.4 Å². The number of rotatable bonds is 10. The number of carbonyl (C=O) groups excluding carboxylic acids is 2. The molecular weight excluding hydrogens is 456 g/mol. The Morgan fingerprint density at radius 3 is 1.26 bits per heavy atom. The third kappa shape index (κ3) is 7.01. The highest BCUT2D eigenvalue weighted by molar-refractivity contribution is 6.76. The summed E-state index contributed by atoms with van der Waals surface area (Å²) in [6.07, 6.45) is 1.11. The van der Waals surface area contributed by atoms with Gasteiger partial charge in [0.1, 0.15) is 11.5 Å². The minimum Gasteiger partial charge on any atom is -0.496 e. The third-order valence-electron chi connectivity index (χ3n) is 4.96. The standard InChI is InChI=1S/C28H34O4Si2/c1-33(2,3)19-31-25-18-26(32-20-34(4,5)6)24(28(30)22-15-11-8-12-16-22)17-23(25)27(29)21-13-9-7-10-14-21/h7-18H,19-20H2,1-6H3. The van der Waals surface area contributed by atoms with Crippen LogP contribution >= 0.6 is 0 Å². The molecule has 178 valence electrons. The lowest BCUT2D eigenvalue weighted by atomic mass is 9.95. The van der Waals surface area contributed by atoms with Crippen LogP contribution in [0.5, 0.6) is 11.5 Å². The van der Waals surface area contributed by atoms with Crippen LogP contribution < -0.4 is 9.47 Å². The molecule has 0 saturated heterocycles. The molecule has 0 aromatic heterocycles. The molecule has 34 heavy (non-hydrogen) atoms. The first kappa shape index (κ1) is 25.7. The van der Waals surface area contributed by atoms with E-state index in [-0.39, 0.29) is 11.6 Å². The summed E-state index contributed by atoms with van der Waals surface area (Å²) in [5, 5.41) is 0. The summed E-state index contributed by atoms with van der Waals surface area (Å²) in [7, 11) is -3.13. The summed E-state index contributed by atoms with van der Waals surface area (Å²) in [5.41, 5.74) is 1.86. The van der Waals surface area contributed by atoms with Gasteiger partial charge in [0.15, 0.2) is 11.6 Å². The van der Waals surface area contributed by atoms with E-state index >= 15 is 0 Å². The fourth-order valence-electron chi connectivity index (χ4n) is 3.23. The zero-order valence-corrected chi connectivity index (χ0v) is 23.0. The smallest absolute Gasteiger partial charge is 0.196 e.